The van der Waals surface area contributed by atoms with Crippen LogP contribution in [0.15, 0.2) is 42.5 Å². The predicted molar refractivity (Wildman–Crippen MR) is 96.1 cm³/mol. The zero-order valence-corrected chi connectivity index (χ0v) is 14.7. The molecule has 0 aromatic heterocycles. The molecule has 1 fully saturated rings. The normalized spacial score (nSPS) is 24.4. The molecule has 7 heteroatoms. The Kier molecular flexibility index (Phi) is 4.01. The number of para-hydroxylation sites is 2. The minimum atomic E-state index is -0.176. The van der Waals surface area contributed by atoms with Crippen molar-refractivity contribution in [3.05, 3.63) is 48.0 Å². The molecule has 0 spiro atoms. The topological polar surface area (TPSA) is 69.0 Å². The van der Waals surface area contributed by atoms with Gasteiger partial charge in [-0.1, -0.05) is 18.2 Å². The first kappa shape index (κ1) is 16.3. The minimum absolute atomic E-state index is 0.0261. The van der Waals surface area contributed by atoms with Gasteiger partial charge in [-0.2, -0.15) is 0 Å². The van der Waals surface area contributed by atoms with E-state index in [0.29, 0.717) is 19.7 Å². The van der Waals surface area contributed by atoms with E-state index >= 15 is 0 Å². The molecule has 3 aliphatic heterocycles. The average molecular weight is 368 g/mol. The lowest BCUT2D eigenvalue weighted by atomic mass is 10.2. The minimum Gasteiger partial charge on any atom is -0.486 e. The van der Waals surface area contributed by atoms with Crippen LogP contribution in [0.4, 0.5) is 0 Å². The van der Waals surface area contributed by atoms with Gasteiger partial charge in [0.05, 0.1) is 6.54 Å². The number of nitrogens with one attached hydrogen (secondary N) is 1. The molecule has 0 aliphatic carbocycles. The van der Waals surface area contributed by atoms with Crippen molar-refractivity contribution in [2.45, 2.75) is 18.7 Å². The van der Waals surface area contributed by atoms with Gasteiger partial charge in [-0.05, 0) is 29.8 Å². The van der Waals surface area contributed by atoms with E-state index in [2.05, 4.69) is 10.2 Å². The maximum atomic E-state index is 12.4. The molecule has 5 rings (SSSR count). The molecule has 2 aromatic rings. The van der Waals surface area contributed by atoms with Crippen LogP contribution in [0.1, 0.15) is 5.56 Å². The summed E-state index contributed by atoms with van der Waals surface area (Å²) in [4.78, 5) is 14.5. The van der Waals surface area contributed by atoms with Crippen LogP contribution in [0.5, 0.6) is 23.0 Å². The molecule has 0 bridgehead atoms. The Morgan fingerprint density at radius 2 is 1.85 bits per heavy atom. The molecular formula is C20H20N2O5. The van der Waals surface area contributed by atoms with Crippen molar-refractivity contribution in [3.63, 3.8) is 0 Å². The number of carbonyl (C=O) groups excluding carboxylic acids is 1. The molecule has 3 heterocycles. The first-order valence-corrected chi connectivity index (χ1v) is 9.05. The molecule has 1 amide bonds. The molecule has 3 atom stereocenters. The Labute approximate surface area is 156 Å². The van der Waals surface area contributed by atoms with Gasteiger partial charge in [0, 0.05) is 13.1 Å². The number of hydrogen-bond acceptors (Lipinski definition) is 6. The summed E-state index contributed by atoms with van der Waals surface area (Å²) in [5.74, 6) is 3.04. The van der Waals surface area contributed by atoms with Crippen molar-refractivity contribution in [2.24, 2.45) is 0 Å². The van der Waals surface area contributed by atoms with E-state index in [-0.39, 0.29) is 24.8 Å². The Hall–Kier alpha value is -2.93. The monoisotopic (exact) mass is 368 g/mol. The van der Waals surface area contributed by atoms with Gasteiger partial charge in [0.25, 0.3) is 0 Å². The lowest BCUT2D eigenvalue weighted by Crippen LogP contribution is -2.42. The van der Waals surface area contributed by atoms with Crippen LogP contribution in [0, 0.1) is 0 Å². The quantitative estimate of drug-likeness (QED) is 0.808. The number of hydrogen-bond donors (Lipinski definition) is 1. The first-order chi connectivity index (χ1) is 13.3. The molecule has 27 heavy (non-hydrogen) atoms. The summed E-state index contributed by atoms with van der Waals surface area (Å²) < 4.78 is 22.3. The second-order valence-corrected chi connectivity index (χ2v) is 6.88. The number of rotatable bonds is 5. The highest BCUT2D eigenvalue weighted by Gasteiger charge is 2.40. The number of nitrogens with zero attached hydrogens (tertiary/aromatic N) is 1. The summed E-state index contributed by atoms with van der Waals surface area (Å²) in [7, 11) is 0. The summed E-state index contributed by atoms with van der Waals surface area (Å²) in [6.45, 7) is 2.60. The largest absolute Gasteiger partial charge is 0.486 e. The molecule has 140 valence electrons. The summed E-state index contributed by atoms with van der Waals surface area (Å²) in [6, 6.07) is 13.4. The second-order valence-electron chi connectivity index (χ2n) is 6.88. The third kappa shape index (κ3) is 3.38. The van der Waals surface area contributed by atoms with Crippen molar-refractivity contribution in [2.75, 3.05) is 26.5 Å². The van der Waals surface area contributed by atoms with Crippen LogP contribution in [0.25, 0.3) is 0 Å². The van der Waals surface area contributed by atoms with E-state index in [9.17, 15) is 4.79 Å². The van der Waals surface area contributed by atoms with Gasteiger partial charge >= 0.3 is 0 Å². The van der Waals surface area contributed by atoms with E-state index in [1.165, 1.54) is 0 Å². The summed E-state index contributed by atoms with van der Waals surface area (Å²) in [5, 5.41) is 2.97. The molecule has 0 radical (unpaired) electrons. The van der Waals surface area contributed by atoms with Crippen LogP contribution in [-0.2, 0) is 11.3 Å². The van der Waals surface area contributed by atoms with Crippen LogP contribution in [-0.4, -0.2) is 49.4 Å². The summed E-state index contributed by atoms with van der Waals surface area (Å²) in [6.07, 6.45) is -0.176. The number of ether oxygens (including phenoxy) is 4. The van der Waals surface area contributed by atoms with Gasteiger partial charge in [-0.25, -0.2) is 0 Å². The van der Waals surface area contributed by atoms with Gasteiger partial charge < -0.3 is 24.3 Å². The van der Waals surface area contributed by atoms with Crippen molar-refractivity contribution in [3.8, 4) is 23.0 Å². The number of carbonyl (C=O) groups is 1. The van der Waals surface area contributed by atoms with Crippen molar-refractivity contribution >= 4 is 5.91 Å². The van der Waals surface area contributed by atoms with Crippen molar-refractivity contribution in [1.29, 1.82) is 0 Å². The maximum absolute atomic E-state index is 12.4. The van der Waals surface area contributed by atoms with E-state index in [0.717, 1.165) is 35.1 Å². The molecular weight excluding hydrogens is 348 g/mol. The molecule has 3 unspecified atom stereocenters. The fourth-order valence-electron chi connectivity index (χ4n) is 3.37. The molecule has 1 saturated heterocycles. The highest BCUT2D eigenvalue weighted by Crippen LogP contribution is 2.34. The Morgan fingerprint density at radius 1 is 1.04 bits per heavy atom. The van der Waals surface area contributed by atoms with Gasteiger partial charge in [-0.15, -0.1) is 0 Å². The third-order valence-corrected chi connectivity index (χ3v) is 4.91. The Balaban J connectivity index is 1.10. The van der Waals surface area contributed by atoms with E-state index in [4.69, 9.17) is 18.9 Å². The molecule has 0 saturated carbocycles. The molecule has 3 aliphatic rings. The van der Waals surface area contributed by atoms with Crippen LogP contribution in [0.3, 0.4) is 0 Å². The smallest absolute Gasteiger partial charge is 0.238 e. The van der Waals surface area contributed by atoms with Crippen LogP contribution in [0.2, 0.25) is 0 Å². The Morgan fingerprint density at radius 3 is 2.78 bits per heavy atom. The fourth-order valence-corrected chi connectivity index (χ4v) is 3.37. The van der Waals surface area contributed by atoms with Gasteiger partial charge in [0.2, 0.25) is 12.7 Å². The van der Waals surface area contributed by atoms with Gasteiger partial charge in [0.1, 0.15) is 18.8 Å². The Bertz CT molecular complexity index is 871. The molecule has 7 nitrogen and oxygen atoms in total. The number of amides is 1. The highest BCUT2D eigenvalue weighted by molar-refractivity contribution is 5.84. The van der Waals surface area contributed by atoms with Crippen LogP contribution < -0.4 is 24.3 Å². The number of benzene rings is 2. The first-order valence-electron chi connectivity index (χ1n) is 9.05. The predicted octanol–water partition coefficient (Wildman–Crippen LogP) is 1.56. The fraction of sp³-hybridized carbons (Fsp3) is 0.350. The lowest BCUT2D eigenvalue weighted by Gasteiger charge is -2.26. The highest BCUT2D eigenvalue weighted by atomic mass is 16.7. The van der Waals surface area contributed by atoms with E-state index in [1.54, 1.807) is 0 Å². The van der Waals surface area contributed by atoms with E-state index < -0.39 is 0 Å². The zero-order chi connectivity index (χ0) is 18.2. The second kappa shape index (κ2) is 6.66. The number of fused-ring (bicyclic) bond motifs is 2. The third-order valence-electron chi connectivity index (χ3n) is 4.91. The van der Waals surface area contributed by atoms with E-state index in [1.807, 2.05) is 42.5 Å². The zero-order valence-electron chi connectivity index (χ0n) is 14.7. The molecule has 1 N–H and O–H groups in total. The van der Waals surface area contributed by atoms with Gasteiger partial charge in [-0.3, -0.25) is 9.69 Å². The van der Waals surface area contributed by atoms with Gasteiger partial charge in [0.15, 0.2) is 23.0 Å². The van der Waals surface area contributed by atoms with Crippen LogP contribution >= 0.6 is 0 Å². The maximum Gasteiger partial charge on any atom is 0.238 e. The van der Waals surface area contributed by atoms with Crippen molar-refractivity contribution < 1.29 is 23.7 Å². The molecule has 2 aromatic carbocycles. The summed E-state index contributed by atoms with van der Waals surface area (Å²) >= 11 is 0. The standard InChI is InChI=1S/C20H20N2O5/c23-20(21-8-14-11-24-16-3-1-2-4-18(16)27-14)15-10-22(15)9-13-5-6-17-19(7-13)26-12-25-17/h1-7,14-15H,8-12H2,(H,21,23). The van der Waals surface area contributed by atoms with Crippen molar-refractivity contribution in [1.82, 2.24) is 10.2 Å². The SMILES string of the molecule is O=C(NCC1COc2ccccc2O1)C1CN1Cc1ccc2c(c1)OCO2. The average Bonchev–Trinajstić information content (AvgIpc) is 3.30. The lowest BCUT2D eigenvalue weighted by molar-refractivity contribution is -0.121. The summed E-state index contributed by atoms with van der Waals surface area (Å²) in [5.41, 5.74) is 1.11.